The molecule has 1 aromatic heterocycles. The van der Waals surface area contributed by atoms with Crippen molar-refractivity contribution in [3.8, 4) is 6.07 Å². The van der Waals surface area contributed by atoms with Crippen molar-refractivity contribution in [2.75, 3.05) is 31.7 Å². The number of anilines is 2. The summed E-state index contributed by atoms with van der Waals surface area (Å²) in [5.74, 6) is 0.625. The molecule has 2 rings (SSSR count). The largest absolute Gasteiger partial charge is 0.397 e. The normalized spacial score (nSPS) is 17.0. The van der Waals surface area contributed by atoms with Crippen molar-refractivity contribution in [1.82, 2.24) is 9.88 Å². The summed E-state index contributed by atoms with van der Waals surface area (Å²) < 4.78 is 0. The number of aromatic nitrogens is 1. The molecule has 18 heavy (non-hydrogen) atoms. The van der Waals surface area contributed by atoms with Crippen molar-refractivity contribution < 1.29 is 0 Å². The van der Waals surface area contributed by atoms with Crippen LogP contribution in [0, 0.1) is 11.3 Å². The Morgan fingerprint density at radius 3 is 2.78 bits per heavy atom. The number of hydrogen-bond donors (Lipinski definition) is 2. The van der Waals surface area contributed by atoms with Crippen LogP contribution in [0.4, 0.5) is 11.5 Å². The highest BCUT2D eigenvalue weighted by Gasteiger charge is 2.38. The molecule has 0 aromatic carbocycles. The predicted molar refractivity (Wildman–Crippen MR) is 72.1 cm³/mol. The first kappa shape index (κ1) is 12.7. The zero-order valence-corrected chi connectivity index (χ0v) is 10.9. The van der Waals surface area contributed by atoms with E-state index in [0.717, 1.165) is 6.54 Å². The van der Waals surface area contributed by atoms with E-state index in [2.05, 4.69) is 35.4 Å². The molecule has 1 aromatic rings. The molecule has 1 heterocycles. The lowest BCUT2D eigenvalue weighted by molar-refractivity contribution is 0.0738. The van der Waals surface area contributed by atoms with Gasteiger partial charge in [0.2, 0.25) is 0 Å². The number of nitriles is 1. The van der Waals surface area contributed by atoms with Crippen LogP contribution < -0.4 is 11.1 Å². The van der Waals surface area contributed by atoms with Gasteiger partial charge < -0.3 is 16.0 Å². The van der Waals surface area contributed by atoms with Gasteiger partial charge in [0.1, 0.15) is 11.9 Å². The lowest BCUT2D eigenvalue weighted by atomic mass is 9.75. The smallest absolute Gasteiger partial charge is 0.144 e. The van der Waals surface area contributed by atoms with Crippen molar-refractivity contribution in [3.05, 3.63) is 17.8 Å². The van der Waals surface area contributed by atoms with Crippen LogP contribution in [0.25, 0.3) is 0 Å². The fourth-order valence-electron chi connectivity index (χ4n) is 2.32. The van der Waals surface area contributed by atoms with E-state index in [4.69, 9.17) is 11.0 Å². The van der Waals surface area contributed by atoms with Crippen LogP contribution in [0.2, 0.25) is 0 Å². The summed E-state index contributed by atoms with van der Waals surface area (Å²) in [5.41, 5.74) is 6.84. The molecule has 0 radical (unpaired) electrons. The van der Waals surface area contributed by atoms with Gasteiger partial charge in [-0.3, -0.25) is 0 Å². The molecule has 1 saturated carbocycles. The van der Waals surface area contributed by atoms with E-state index in [1.54, 1.807) is 12.3 Å². The van der Waals surface area contributed by atoms with Gasteiger partial charge in [-0.25, -0.2) is 4.98 Å². The maximum Gasteiger partial charge on any atom is 0.144 e. The molecule has 5 nitrogen and oxygen atoms in total. The van der Waals surface area contributed by atoms with Crippen LogP contribution in [0.3, 0.4) is 0 Å². The molecule has 0 bridgehead atoms. The summed E-state index contributed by atoms with van der Waals surface area (Å²) in [4.78, 5) is 6.45. The van der Waals surface area contributed by atoms with E-state index in [1.807, 2.05) is 0 Å². The van der Waals surface area contributed by atoms with Gasteiger partial charge in [0.25, 0.3) is 0 Å². The molecular weight excluding hydrogens is 226 g/mol. The van der Waals surface area contributed by atoms with Crippen LogP contribution in [-0.4, -0.2) is 36.1 Å². The number of nitrogens with two attached hydrogens (primary N) is 1. The summed E-state index contributed by atoms with van der Waals surface area (Å²) in [5, 5.41) is 12.3. The summed E-state index contributed by atoms with van der Waals surface area (Å²) in [6, 6.07) is 3.77. The minimum absolute atomic E-state index is 0.204. The van der Waals surface area contributed by atoms with Crippen LogP contribution in [-0.2, 0) is 0 Å². The Hall–Kier alpha value is -1.80. The van der Waals surface area contributed by atoms with Crippen molar-refractivity contribution in [3.63, 3.8) is 0 Å². The Bertz CT molecular complexity index is 471. The second-order valence-corrected chi connectivity index (χ2v) is 5.10. The molecule has 1 fully saturated rings. The maximum atomic E-state index is 9.06. The minimum Gasteiger partial charge on any atom is -0.397 e. The number of rotatable bonds is 4. The first-order chi connectivity index (χ1) is 8.57. The van der Waals surface area contributed by atoms with Crippen molar-refractivity contribution in [2.24, 2.45) is 0 Å². The molecule has 0 amide bonds. The number of nitrogens with zero attached hydrogens (tertiary/aromatic N) is 3. The van der Waals surface area contributed by atoms with Crippen LogP contribution >= 0.6 is 0 Å². The molecule has 1 aliphatic carbocycles. The van der Waals surface area contributed by atoms with Gasteiger partial charge in [-0.2, -0.15) is 5.26 Å². The molecule has 0 saturated heterocycles. The van der Waals surface area contributed by atoms with Gasteiger partial charge in [-0.1, -0.05) is 0 Å². The second-order valence-electron chi connectivity index (χ2n) is 5.10. The average Bonchev–Trinajstić information content (AvgIpc) is 2.28. The van der Waals surface area contributed by atoms with Gasteiger partial charge in [-0.05, 0) is 39.4 Å². The fraction of sp³-hybridized carbons (Fsp3) is 0.538. The zero-order chi connectivity index (χ0) is 13.2. The minimum atomic E-state index is 0.204. The van der Waals surface area contributed by atoms with E-state index in [9.17, 15) is 0 Å². The second kappa shape index (κ2) is 4.83. The van der Waals surface area contributed by atoms with Gasteiger partial charge >= 0.3 is 0 Å². The fourth-order valence-corrected chi connectivity index (χ4v) is 2.32. The number of hydrogen-bond acceptors (Lipinski definition) is 5. The van der Waals surface area contributed by atoms with Crippen molar-refractivity contribution >= 4 is 11.5 Å². The SMILES string of the molecule is CN(C)C1(CNc2ncc(N)cc2C#N)CCC1. The lowest BCUT2D eigenvalue weighted by Gasteiger charge is -2.47. The Balaban J connectivity index is 2.09. The third-order valence-corrected chi connectivity index (χ3v) is 3.85. The molecule has 0 atom stereocenters. The highest BCUT2D eigenvalue weighted by Crippen LogP contribution is 2.36. The molecule has 96 valence electrons. The monoisotopic (exact) mass is 245 g/mol. The number of likely N-dealkylation sites (N-methyl/N-ethyl adjacent to an activating group) is 1. The van der Waals surface area contributed by atoms with E-state index < -0.39 is 0 Å². The number of nitrogens with one attached hydrogen (secondary N) is 1. The lowest BCUT2D eigenvalue weighted by Crippen LogP contribution is -2.54. The van der Waals surface area contributed by atoms with E-state index >= 15 is 0 Å². The van der Waals surface area contributed by atoms with Crippen molar-refractivity contribution in [2.45, 2.75) is 24.8 Å². The molecule has 3 N–H and O–H groups in total. The van der Waals surface area contributed by atoms with E-state index in [-0.39, 0.29) is 5.54 Å². The Morgan fingerprint density at radius 1 is 1.56 bits per heavy atom. The van der Waals surface area contributed by atoms with Gasteiger partial charge in [0, 0.05) is 12.1 Å². The predicted octanol–water partition coefficient (Wildman–Crippen LogP) is 1.43. The third kappa shape index (κ3) is 2.24. The first-order valence-electron chi connectivity index (χ1n) is 6.14. The van der Waals surface area contributed by atoms with E-state index in [0.29, 0.717) is 17.1 Å². The Labute approximate surface area is 108 Å². The maximum absolute atomic E-state index is 9.06. The third-order valence-electron chi connectivity index (χ3n) is 3.85. The highest BCUT2D eigenvalue weighted by molar-refractivity contribution is 5.57. The van der Waals surface area contributed by atoms with Crippen LogP contribution in [0.1, 0.15) is 24.8 Å². The molecule has 5 heteroatoms. The number of pyridine rings is 1. The summed E-state index contributed by atoms with van der Waals surface area (Å²) >= 11 is 0. The average molecular weight is 245 g/mol. The zero-order valence-electron chi connectivity index (χ0n) is 10.9. The number of nitrogen functional groups attached to an aromatic ring is 1. The van der Waals surface area contributed by atoms with Gasteiger partial charge in [0.05, 0.1) is 17.4 Å². The molecule has 0 unspecified atom stereocenters. The Morgan fingerprint density at radius 2 is 2.28 bits per heavy atom. The van der Waals surface area contributed by atoms with Crippen LogP contribution in [0.15, 0.2) is 12.3 Å². The van der Waals surface area contributed by atoms with E-state index in [1.165, 1.54) is 19.3 Å². The van der Waals surface area contributed by atoms with Gasteiger partial charge in [0.15, 0.2) is 0 Å². The van der Waals surface area contributed by atoms with Crippen molar-refractivity contribution in [1.29, 1.82) is 5.26 Å². The first-order valence-corrected chi connectivity index (χ1v) is 6.14. The van der Waals surface area contributed by atoms with Gasteiger partial charge in [-0.15, -0.1) is 0 Å². The quantitative estimate of drug-likeness (QED) is 0.839. The molecule has 0 spiro atoms. The molecular formula is C13H19N5. The topological polar surface area (TPSA) is 78.0 Å². The standard InChI is InChI=1S/C13H19N5/c1-18(2)13(4-3-5-13)9-17-12-10(7-14)6-11(15)8-16-12/h6,8H,3-5,9,15H2,1-2H3,(H,16,17). The Kier molecular flexibility index (Phi) is 3.39. The van der Waals surface area contributed by atoms with Crippen LogP contribution in [0.5, 0.6) is 0 Å². The highest BCUT2D eigenvalue weighted by atomic mass is 15.2. The summed E-state index contributed by atoms with van der Waals surface area (Å²) in [7, 11) is 4.20. The molecule has 1 aliphatic rings. The summed E-state index contributed by atoms with van der Waals surface area (Å²) in [6.07, 6.45) is 5.21. The summed E-state index contributed by atoms with van der Waals surface area (Å²) in [6.45, 7) is 0.811. The molecule has 0 aliphatic heterocycles.